The Morgan fingerprint density at radius 2 is 1.85 bits per heavy atom. The summed E-state index contributed by atoms with van der Waals surface area (Å²) in [6.07, 6.45) is 6.50. The van der Waals surface area contributed by atoms with E-state index in [1.165, 1.54) is 32.1 Å². The van der Waals surface area contributed by atoms with E-state index in [4.69, 9.17) is 9.47 Å². The number of rotatable bonds is 8. The first-order chi connectivity index (χ1) is 12.7. The van der Waals surface area contributed by atoms with Gasteiger partial charge in [0, 0.05) is 12.1 Å². The molecular weight excluding hydrogens is 328 g/mol. The van der Waals surface area contributed by atoms with Gasteiger partial charge in [0.2, 0.25) is 5.91 Å². The lowest BCUT2D eigenvalue weighted by Gasteiger charge is -2.32. The monoisotopic (exact) mass is 360 g/mol. The molecule has 5 nitrogen and oxygen atoms in total. The van der Waals surface area contributed by atoms with E-state index in [0.717, 1.165) is 17.4 Å². The molecule has 0 bridgehead atoms. The average molecular weight is 360 g/mol. The molecular formula is C21H32N2O3. The van der Waals surface area contributed by atoms with Crippen molar-refractivity contribution in [3.63, 3.8) is 0 Å². The summed E-state index contributed by atoms with van der Waals surface area (Å²) in [7, 11) is 0. The second-order valence-electron chi connectivity index (χ2n) is 7.47. The standard InChI is InChI=1S/C21H32N2O3/c1-3-25-18-8-10-19(11-9-18)26-13-12-22-21(24)15-23-16(2)14-17-6-4-5-7-20(17)23/h8-11,16-17,20H,3-7,12-15H2,1-2H3,(H,22,24). The highest BCUT2D eigenvalue weighted by Gasteiger charge is 2.40. The van der Waals surface area contributed by atoms with Crippen LogP contribution in [0.1, 0.15) is 46.0 Å². The maximum atomic E-state index is 12.3. The van der Waals surface area contributed by atoms with Gasteiger partial charge in [-0.05, 0) is 63.3 Å². The first-order valence-corrected chi connectivity index (χ1v) is 10.1. The number of hydrogen-bond acceptors (Lipinski definition) is 4. The summed E-state index contributed by atoms with van der Waals surface area (Å²) in [6, 6.07) is 8.71. The molecule has 1 aromatic rings. The van der Waals surface area contributed by atoms with E-state index in [0.29, 0.717) is 38.4 Å². The molecule has 26 heavy (non-hydrogen) atoms. The zero-order chi connectivity index (χ0) is 18.4. The maximum absolute atomic E-state index is 12.3. The lowest BCUT2D eigenvalue weighted by atomic mass is 9.85. The molecule has 0 spiro atoms. The minimum atomic E-state index is 0.110. The van der Waals surface area contributed by atoms with Gasteiger partial charge in [-0.15, -0.1) is 0 Å². The van der Waals surface area contributed by atoms with Gasteiger partial charge in [0.15, 0.2) is 0 Å². The zero-order valence-corrected chi connectivity index (χ0v) is 16.1. The van der Waals surface area contributed by atoms with Crippen molar-refractivity contribution in [2.24, 2.45) is 5.92 Å². The van der Waals surface area contributed by atoms with Crippen molar-refractivity contribution in [3.8, 4) is 11.5 Å². The van der Waals surface area contributed by atoms with Crippen LogP contribution < -0.4 is 14.8 Å². The highest BCUT2D eigenvalue weighted by Crippen LogP contribution is 2.39. The van der Waals surface area contributed by atoms with E-state index >= 15 is 0 Å². The van der Waals surface area contributed by atoms with Gasteiger partial charge in [-0.2, -0.15) is 0 Å². The van der Waals surface area contributed by atoms with Gasteiger partial charge in [-0.25, -0.2) is 0 Å². The second kappa shape index (κ2) is 9.26. The predicted molar refractivity (Wildman–Crippen MR) is 103 cm³/mol. The Hall–Kier alpha value is -1.75. The van der Waals surface area contributed by atoms with Gasteiger partial charge in [-0.1, -0.05) is 12.8 Å². The number of nitrogens with zero attached hydrogens (tertiary/aromatic N) is 1. The summed E-state index contributed by atoms with van der Waals surface area (Å²) >= 11 is 0. The van der Waals surface area contributed by atoms with Crippen molar-refractivity contribution in [1.82, 2.24) is 10.2 Å². The molecule has 5 heteroatoms. The van der Waals surface area contributed by atoms with Crippen LogP contribution in [0.3, 0.4) is 0 Å². The van der Waals surface area contributed by atoms with Gasteiger partial charge < -0.3 is 14.8 Å². The summed E-state index contributed by atoms with van der Waals surface area (Å²) in [4.78, 5) is 14.7. The number of carbonyl (C=O) groups excluding carboxylic acids is 1. The van der Waals surface area contributed by atoms with Crippen molar-refractivity contribution in [1.29, 1.82) is 0 Å². The van der Waals surface area contributed by atoms with Crippen molar-refractivity contribution >= 4 is 5.91 Å². The van der Waals surface area contributed by atoms with Crippen LogP contribution in [-0.2, 0) is 4.79 Å². The number of hydrogen-bond donors (Lipinski definition) is 1. The van der Waals surface area contributed by atoms with Gasteiger partial charge in [-0.3, -0.25) is 9.69 Å². The molecule has 1 heterocycles. The number of amides is 1. The summed E-state index contributed by atoms with van der Waals surface area (Å²) < 4.78 is 11.1. The minimum Gasteiger partial charge on any atom is -0.494 e. The number of carbonyl (C=O) groups is 1. The Kier molecular flexibility index (Phi) is 6.78. The third-order valence-corrected chi connectivity index (χ3v) is 5.66. The predicted octanol–water partition coefficient (Wildman–Crippen LogP) is 3.23. The minimum absolute atomic E-state index is 0.110. The molecule has 1 amide bonds. The van der Waals surface area contributed by atoms with E-state index in [9.17, 15) is 4.79 Å². The molecule has 1 aromatic carbocycles. The molecule has 2 aliphatic rings. The van der Waals surface area contributed by atoms with E-state index < -0.39 is 0 Å². The van der Waals surface area contributed by atoms with Crippen LogP contribution in [0.2, 0.25) is 0 Å². The molecule has 0 aromatic heterocycles. The van der Waals surface area contributed by atoms with Crippen molar-refractivity contribution in [2.45, 2.75) is 58.0 Å². The Bertz CT molecular complexity index is 575. The normalized spacial score (nSPS) is 25.5. The third-order valence-electron chi connectivity index (χ3n) is 5.66. The Labute approximate surface area is 157 Å². The molecule has 1 saturated heterocycles. The van der Waals surface area contributed by atoms with Crippen LogP contribution in [-0.4, -0.2) is 49.2 Å². The van der Waals surface area contributed by atoms with Crippen molar-refractivity contribution < 1.29 is 14.3 Å². The zero-order valence-electron chi connectivity index (χ0n) is 16.1. The molecule has 3 atom stereocenters. The number of likely N-dealkylation sites (tertiary alicyclic amines) is 1. The van der Waals surface area contributed by atoms with Crippen LogP contribution >= 0.6 is 0 Å². The van der Waals surface area contributed by atoms with Crippen molar-refractivity contribution in [2.75, 3.05) is 26.3 Å². The lowest BCUT2D eigenvalue weighted by Crippen LogP contribution is -2.45. The Morgan fingerprint density at radius 1 is 1.15 bits per heavy atom. The van der Waals surface area contributed by atoms with Gasteiger partial charge >= 0.3 is 0 Å². The summed E-state index contributed by atoms with van der Waals surface area (Å²) in [6.45, 7) is 6.41. The van der Waals surface area contributed by atoms with Crippen LogP contribution in [0, 0.1) is 5.92 Å². The van der Waals surface area contributed by atoms with Crippen LogP contribution in [0.4, 0.5) is 0 Å². The Balaban J connectivity index is 1.36. The van der Waals surface area contributed by atoms with Gasteiger partial charge in [0.25, 0.3) is 0 Å². The topological polar surface area (TPSA) is 50.8 Å². The summed E-state index contributed by atoms with van der Waals surface area (Å²) in [5.74, 6) is 2.54. The first kappa shape index (κ1) is 19.0. The molecule has 1 aliphatic heterocycles. The fraction of sp³-hybridized carbons (Fsp3) is 0.667. The molecule has 1 saturated carbocycles. The van der Waals surface area contributed by atoms with E-state index in [-0.39, 0.29) is 5.91 Å². The first-order valence-electron chi connectivity index (χ1n) is 10.1. The SMILES string of the molecule is CCOc1ccc(OCCNC(=O)CN2C(C)CC3CCCCC32)cc1. The van der Waals surface area contributed by atoms with Crippen LogP contribution in [0.15, 0.2) is 24.3 Å². The van der Waals surface area contributed by atoms with Crippen molar-refractivity contribution in [3.05, 3.63) is 24.3 Å². The quantitative estimate of drug-likeness (QED) is 0.723. The molecule has 1 N–H and O–H groups in total. The van der Waals surface area contributed by atoms with Crippen LogP contribution in [0.5, 0.6) is 11.5 Å². The molecule has 1 aliphatic carbocycles. The number of nitrogens with one attached hydrogen (secondary N) is 1. The van der Waals surface area contributed by atoms with Gasteiger partial charge in [0.05, 0.1) is 19.7 Å². The number of ether oxygens (including phenoxy) is 2. The van der Waals surface area contributed by atoms with Crippen LogP contribution in [0.25, 0.3) is 0 Å². The summed E-state index contributed by atoms with van der Waals surface area (Å²) in [5, 5.41) is 3.00. The fourth-order valence-corrected chi connectivity index (χ4v) is 4.45. The highest BCUT2D eigenvalue weighted by atomic mass is 16.5. The largest absolute Gasteiger partial charge is 0.494 e. The number of benzene rings is 1. The molecule has 3 rings (SSSR count). The smallest absolute Gasteiger partial charge is 0.234 e. The molecule has 2 fully saturated rings. The molecule has 0 radical (unpaired) electrons. The fourth-order valence-electron chi connectivity index (χ4n) is 4.45. The number of fused-ring (bicyclic) bond motifs is 1. The second-order valence-corrected chi connectivity index (χ2v) is 7.47. The maximum Gasteiger partial charge on any atom is 0.234 e. The van der Waals surface area contributed by atoms with E-state index in [2.05, 4.69) is 17.1 Å². The lowest BCUT2D eigenvalue weighted by molar-refractivity contribution is -0.123. The Morgan fingerprint density at radius 3 is 2.58 bits per heavy atom. The van der Waals surface area contributed by atoms with Gasteiger partial charge in [0.1, 0.15) is 18.1 Å². The molecule has 3 unspecified atom stereocenters. The van der Waals surface area contributed by atoms with E-state index in [1.807, 2.05) is 31.2 Å². The van der Waals surface area contributed by atoms with E-state index in [1.54, 1.807) is 0 Å². The summed E-state index contributed by atoms with van der Waals surface area (Å²) in [5.41, 5.74) is 0. The third kappa shape index (κ3) is 4.91. The average Bonchev–Trinajstić information content (AvgIpc) is 2.96. The molecule has 144 valence electrons. The highest BCUT2D eigenvalue weighted by molar-refractivity contribution is 5.78.